The quantitative estimate of drug-likeness (QED) is 0.0598. The van der Waals surface area contributed by atoms with Crippen LogP contribution in [0.2, 0.25) is 0 Å². The van der Waals surface area contributed by atoms with Gasteiger partial charge in [0.2, 0.25) is 17.7 Å². The SMILES string of the molecule is Cc1ncsc1-c1ccc(CNC(=O)[C@@H]2C[C@@H](O)CN2C(=O)[C@@H](NC(=O)CCOCCOCCOc2cccc(-c3cc(Nc4ccc(OC(F)(F)F)cc4)ncn3)c2)C(C)(C)C)cc1. The molecule has 3 atom stereocenters. The normalized spacial score (nSPS) is 15.6. The number of carbonyl (C=O) groups is 3. The molecular weight excluding hydrogens is 868 g/mol. The lowest BCUT2D eigenvalue weighted by Crippen LogP contribution is -2.57. The molecule has 3 heterocycles. The minimum absolute atomic E-state index is 0.00894. The number of carbonyl (C=O) groups excluding carboxylic acids is 3. The standard InChI is InChI=1S/C46H52F3N7O8S/c1-29-41(65-28-53-29)31-10-8-30(9-11-31)25-50-43(59)38-23-34(57)26-56(38)44(60)42(45(2,3)4)55-40(58)16-17-61-18-19-62-20-21-63-36-7-5-6-32(22-36)37-24-39(52-27-51-37)54-33-12-14-35(15-13-33)64-46(47,48)49/h5-15,22,24,27-28,34,38,42,57H,16-21,23,25-26H2,1-4H3,(H,50,59)(H,55,58)(H,51,52,54)/t34-,38+,42-/m1/s1. The van der Waals surface area contributed by atoms with Crippen LogP contribution in [0.15, 0.2) is 90.7 Å². The maximum atomic E-state index is 13.9. The smallest absolute Gasteiger partial charge is 0.491 e. The summed E-state index contributed by atoms with van der Waals surface area (Å²) >= 11 is 1.56. The van der Waals surface area contributed by atoms with E-state index in [1.165, 1.54) is 35.5 Å². The number of nitrogens with one attached hydrogen (secondary N) is 3. The summed E-state index contributed by atoms with van der Waals surface area (Å²) in [6, 6.07) is 20.2. The van der Waals surface area contributed by atoms with Crippen molar-refractivity contribution in [2.45, 2.75) is 71.6 Å². The summed E-state index contributed by atoms with van der Waals surface area (Å²) in [6.07, 6.45) is -4.21. The Bertz CT molecular complexity index is 2360. The number of likely N-dealkylation sites (tertiary alicyclic amines) is 1. The first-order valence-corrected chi connectivity index (χ1v) is 21.8. The second-order valence-corrected chi connectivity index (χ2v) is 17.1. The van der Waals surface area contributed by atoms with E-state index in [0.717, 1.165) is 27.3 Å². The molecular formula is C46H52F3N7O8S. The molecule has 0 bridgehead atoms. The highest BCUT2D eigenvalue weighted by molar-refractivity contribution is 7.13. The number of thiazole rings is 1. The number of ether oxygens (including phenoxy) is 4. The summed E-state index contributed by atoms with van der Waals surface area (Å²) < 4.78 is 58.5. The Labute approximate surface area is 378 Å². The minimum atomic E-state index is -4.78. The number of hydrogen-bond donors (Lipinski definition) is 4. The van der Waals surface area contributed by atoms with Crippen molar-refractivity contribution in [3.8, 4) is 33.2 Å². The Balaban J connectivity index is 0.881. The van der Waals surface area contributed by atoms with Crippen molar-refractivity contribution in [2.24, 2.45) is 5.41 Å². The van der Waals surface area contributed by atoms with Gasteiger partial charge in [0, 0.05) is 43.2 Å². The highest BCUT2D eigenvalue weighted by atomic mass is 32.1. The molecule has 15 nitrogen and oxygen atoms in total. The van der Waals surface area contributed by atoms with Crippen LogP contribution in [0.25, 0.3) is 21.7 Å². The lowest BCUT2D eigenvalue weighted by Gasteiger charge is -2.35. The molecule has 2 aromatic heterocycles. The van der Waals surface area contributed by atoms with E-state index >= 15 is 0 Å². The van der Waals surface area contributed by atoms with Crippen LogP contribution in [0.5, 0.6) is 11.5 Å². The van der Waals surface area contributed by atoms with Gasteiger partial charge in [0.1, 0.15) is 42.3 Å². The summed E-state index contributed by atoms with van der Waals surface area (Å²) in [5.74, 6) is -0.546. The Morgan fingerprint density at radius 3 is 2.29 bits per heavy atom. The molecule has 0 spiro atoms. The van der Waals surface area contributed by atoms with E-state index in [0.29, 0.717) is 22.9 Å². The number of aryl methyl sites for hydroxylation is 1. The van der Waals surface area contributed by atoms with Crippen LogP contribution < -0.4 is 25.4 Å². The van der Waals surface area contributed by atoms with E-state index < -0.39 is 41.8 Å². The molecule has 5 aromatic rings. The van der Waals surface area contributed by atoms with E-state index in [2.05, 4.69) is 35.6 Å². The molecule has 346 valence electrons. The van der Waals surface area contributed by atoms with Gasteiger partial charge in [0.15, 0.2) is 0 Å². The number of β-amino-alcohol motifs (C(OH)–C–C–N with tert-alkyl or cyclic N) is 1. The lowest BCUT2D eigenvalue weighted by atomic mass is 9.85. The molecule has 3 aromatic carbocycles. The molecule has 0 saturated carbocycles. The number of anilines is 2. The minimum Gasteiger partial charge on any atom is -0.491 e. The molecule has 6 rings (SSSR count). The number of halogens is 3. The first-order valence-electron chi connectivity index (χ1n) is 20.9. The monoisotopic (exact) mass is 919 g/mol. The molecule has 0 unspecified atom stereocenters. The van der Waals surface area contributed by atoms with Crippen molar-refractivity contribution in [3.63, 3.8) is 0 Å². The van der Waals surface area contributed by atoms with Gasteiger partial charge in [-0.25, -0.2) is 15.0 Å². The van der Waals surface area contributed by atoms with Crippen molar-refractivity contribution < 1.29 is 51.6 Å². The van der Waals surface area contributed by atoms with Gasteiger partial charge in [0.05, 0.1) is 54.3 Å². The molecule has 0 radical (unpaired) electrons. The predicted octanol–water partition coefficient (Wildman–Crippen LogP) is 6.83. The fourth-order valence-electron chi connectivity index (χ4n) is 6.94. The maximum Gasteiger partial charge on any atom is 0.573 e. The highest BCUT2D eigenvalue weighted by Gasteiger charge is 2.44. The Morgan fingerprint density at radius 1 is 0.877 bits per heavy atom. The topological polar surface area (TPSA) is 186 Å². The van der Waals surface area contributed by atoms with Crippen LogP contribution in [-0.2, 0) is 30.4 Å². The Kier molecular flexibility index (Phi) is 16.5. The number of aliphatic hydroxyl groups excluding tert-OH is 1. The van der Waals surface area contributed by atoms with Gasteiger partial charge in [0.25, 0.3) is 0 Å². The number of amides is 3. The number of rotatable bonds is 20. The third-order valence-corrected chi connectivity index (χ3v) is 11.2. The molecule has 4 N–H and O–H groups in total. The molecule has 1 saturated heterocycles. The second-order valence-electron chi connectivity index (χ2n) is 16.3. The largest absolute Gasteiger partial charge is 0.573 e. The number of aliphatic hydroxyl groups is 1. The zero-order valence-corrected chi connectivity index (χ0v) is 37.2. The molecule has 1 aliphatic rings. The average Bonchev–Trinajstić information content (AvgIpc) is 3.89. The first kappa shape index (κ1) is 48.3. The third kappa shape index (κ3) is 14.4. The summed E-state index contributed by atoms with van der Waals surface area (Å²) in [7, 11) is 0. The van der Waals surface area contributed by atoms with Crippen LogP contribution in [0.4, 0.5) is 24.7 Å². The number of nitrogens with zero attached hydrogens (tertiary/aromatic N) is 4. The van der Waals surface area contributed by atoms with E-state index in [9.17, 15) is 32.7 Å². The zero-order valence-electron chi connectivity index (χ0n) is 36.4. The summed E-state index contributed by atoms with van der Waals surface area (Å²) in [5.41, 5.74) is 5.82. The van der Waals surface area contributed by atoms with Crippen molar-refractivity contribution >= 4 is 40.6 Å². The van der Waals surface area contributed by atoms with Gasteiger partial charge in [-0.05, 0) is 59.9 Å². The maximum absolute atomic E-state index is 13.9. The number of benzene rings is 3. The van der Waals surface area contributed by atoms with Crippen molar-refractivity contribution in [3.05, 3.63) is 102 Å². The number of hydrogen-bond acceptors (Lipinski definition) is 13. The Hall–Kier alpha value is -6.15. The van der Waals surface area contributed by atoms with E-state index in [1.54, 1.807) is 35.0 Å². The molecule has 3 amide bonds. The Morgan fingerprint density at radius 2 is 1.60 bits per heavy atom. The van der Waals surface area contributed by atoms with Crippen LogP contribution in [0, 0.1) is 12.3 Å². The molecule has 65 heavy (non-hydrogen) atoms. The van der Waals surface area contributed by atoms with Crippen molar-refractivity contribution in [1.82, 2.24) is 30.5 Å². The lowest BCUT2D eigenvalue weighted by molar-refractivity contribution is -0.274. The highest BCUT2D eigenvalue weighted by Crippen LogP contribution is 2.30. The average molecular weight is 920 g/mol. The van der Waals surface area contributed by atoms with Gasteiger partial charge >= 0.3 is 6.36 Å². The van der Waals surface area contributed by atoms with Crippen LogP contribution in [0.3, 0.4) is 0 Å². The number of aromatic nitrogens is 3. The van der Waals surface area contributed by atoms with E-state index in [-0.39, 0.29) is 70.6 Å². The summed E-state index contributed by atoms with van der Waals surface area (Å²) in [4.78, 5) is 55.7. The predicted molar refractivity (Wildman–Crippen MR) is 237 cm³/mol. The van der Waals surface area contributed by atoms with Gasteiger partial charge < -0.3 is 44.9 Å². The van der Waals surface area contributed by atoms with Crippen LogP contribution in [0.1, 0.15) is 44.9 Å². The second kappa shape index (κ2) is 22.2. The number of alkyl halides is 3. The summed E-state index contributed by atoms with van der Waals surface area (Å²) in [6.45, 7) is 8.73. The van der Waals surface area contributed by atoms with Gasteiger partial charge in [-0.2, -0.15) is 0 Å². The van der Waals surface area contributed by atoms with Gasteiger partial charge in [-0.1, -0.05) is 57.2 Å². The van der Waals surface area contributed by atoms with E-state index in [1.807, 2.05) is 64.1 Å². The van der Waals surface area contributed by atoms with E-state index in [4.69, 9.17) is 14.2 Å². The molecule has 0 aliphatic carbocycles. The molecule has 1 aliphatic heterocycles. The summed E-state index contributed by atoms with van der Waals surface area (Å²) in [5, 5.41) is 19.3. The van der Waals surface area contributed by atoms with Crippen LogP contribution >= 0.6 is 11.3 Å². The third-order valence-electron chi connectivity index (χ3n) is 10.2. The van der Waals surface area contributed by atoms with Gasteiger partial charge in [-0.15, -0.1) is 24.5 Å². The zero-order chi connectivity index (χ0) is 46.6. The van der Waals surface area contributed by atoms with Gasteiger partial charge in [-0.3, -0.25) is 14.4 Å². The fraction of sp³-hybridized carbons (Fsp3) is 0.391. The molecule has 19 heteroatoms. The van der Waals surface area contributed by atoms with Crippen molar-refractivity contribution in [1.29, 1.82) is 0 Å². The fourth-order valence-corrected chi connectivity index (χ4v) is 7.75. The van der Waals surface area contributed by atoms with Crippen molar-refractivity contribution in [2.75, 3.05) is 44.9 Å². The first-order chi connectivity index (χ1) is 31.0. The van der Waals surface area contributed by atoms with Crippen LogP contribution in [-0.4, -0.2) is 107 Å². The molecule has 1 fully saturated rings.